The molecule has 0 aromatic carbocycles. The molecule has 1 aliphatic carbocycles. The molecule has 0 aromatic heterocycles. The van der Waals surface area contributed by atoms with Gasteiger partial charge in [-0.2, -0.15) is 0 Å². The van der Waals surface area contributed by atoms with Gasteiger partial charge in [-0.1, -0.05) is 37.2 Å². The summed E-state index contributed by atoms with van der Waals surface area (Å²) in [7, 11) is 0. The number of rotatable bonds is 3. The van der Waals surface area contributed by atoms with Crippen molar-refractivity contribution in [2.24, 2.45) is 17.3 Å². The molecule has 0 N–H and O–H groups in total. The predicted octanol–water partition coefficient (Wildman–Crippen LogP) is 4.75. The van der Waals surface area contributed by atoms with Crippen LogP contribution < -0.4 is 0 Å². The molecule has 0 heterocycles. The summed E-state index contributed by atoms with van der Waals surface area (Å²) in [5.41, 5.74) is -1.30. The van der Waals surface area contributed by atoms with Gasteiger partial charge in [-0.15, -0.1) is 6.58 Å². The van der Waals surface area contributed by atoms with Gasteiger partial charge in [0.15, 0.2) is 0 Å². The molecule has 0 unspecified atom stereocenters. The summed E-state index contributed by atoms with van der Waals surface area (Å²) < 4.78 is 76.1. The van der Waals surface area contributed by atoms with Crippen molar-refractivity contribution in [2.75, 3.05) is 0 Å². The van der Waals surface area contributed by atoms with E-state index in [-0.39, 0.29) is 17.6 Å². The van der Waals surface area contributed by atoms with Crippen LogP contribution in [0.4, 0.5) is 0 Å². The summed E-state index contributed by atoms with van der Waals surface area (Å²) in [4.78, 5) is 0. The van der Waals surface area contributed by atoms with Crippen molar-refractivity contribution in [1.82, 2.24) is 0 Å². The van der Waals surface area contributed by atoms with Crippen molar-refractivity contribution >= 4 is 0 Å². The van der Waals surface area contributed by atoms with Crippen molar-refractivity contribution in [3.63, 3.8) is 0 Å². The summed E-state index contributed by atoms with van der Waals surface area (Å²) in [5, 5.41) is 0. The van der Waals surface area contributed by atoms with Crippen LogP contribution in [0.25, 0.3) is 0 Å². The van der Waals surface area contributed by atoms with Crippen LogP contribution in [0.2, 0.25) is 0 Å². The molecular formula is C15H24. The lowest BCUT2D eigenvalue weighted by Gasteiger charge is -2.43. The normalized spacial score (nSPS) is 46.7. The lowest BCUT2D eigenvalue weighted by atomic mass is 9.61. The number of hydrogen-bond donors (Lipinski definition) is 0. The molecule has 1 rings (SSSR count). The van der Waals surface area contributed by atoms with E-state index in [0.717, 1.165) is 0 Å². The van der Waals surface area contributed by atoms with Crippen LogP contribution in [0.3, 0.4) is 0 Å². The van der Waals surface area contributed by atoms with E-state index in [9.17, 15) is 0 Å². The molecule has 1 saturated carbocycles. The Morgan fingerprint density at radius 1 is 1.47 bits per heavy atom. The van der Waals surface area contributed by atoms with Gasteiger partial charge >= 0.3 is 0 Å². The van der Waals surface area contributed by atoms with Crippen molar-refractivity contribution in [1.29, 1.82) is 0 Å². The van der Waals surface area contributed by atoms with Crippen LogP contribution in [0.5, 0.6) is 0 Å². The Labute approximate surface area is 109 Å². The summed E-state index contributed by atoms with van der Waals surface area (Å²) in [6.45, 7) is -1.28. The Kier molecular flexibility index (Phi) is 1.24. The third-order valence-corrected chi connectivity index (χ3v) is 3.57. The first-order valence-corrected chi connectivity index (χ1v) is 5.14. The molecular weight excluding hydrogens is 180 g/mol. The molecule has 3 atom stereocenters. The molecule has 1 fully saturated rings. The zero-order chi connectivity index (χ0) is 19.8. The van der Waals surface area contributed by atoms with E-state index in [0.29, 0.717) is 12.8 Å². The van der Waals surface area contributed by atoms with E-state index in [1.165, 1.54) is 0 Å². The van der Waals surface area contributed by atoms with Gasteiger partial charge in [-0.05, 0) is 50.2 Å². The zero-order valence-electron chi connectivity index (χ0n) is 19.1. The Balaban J connectivity index is 3.45. The average Bonchev–Trinajstić information content (AvgIpc) is 2.38. The fraction of sp³-hybridized carbons (Fsp3) is 0.600. The van der Waals surface area contributed by atoms with Crippen LogP contribution in [-0.2, 0) is 0 Å². The highest BCUT2D eigenvalue weighted by Crippen LogP contribution is 2.48. The molecule has 0 amide bonds. The smallest absolute Gasteiger partial charge is 0.0537 e. The van der Waals surface area contributed by atoms with E-state index in [2.05, 4.69) is 6.58 Å². The number of hydrogen-bond acceptors (Lipinski definition) is 0. The van der Waals surface area contributed by atoms with Gasteiger partial charge in [-0.3, -0.25) is 0 Å². The summed E-state index contributed by atoms with van der Waals surface area (Å²) in [6.07, 6.45) is 2.45. The number of allylic oxidation sites excluding steroid dienone is 3. The molecule has 0 nitrogen and oxygen atoms in total. The standard InChI is InChI=1S/C15H24/c1-7-15(6)9-8-13(11(2)3)10-14(15)12(4)5/h7,13-14H,1-2,4,8-10H2,3,5-6H3/t13-,14+,15-/m1/s1/i2D2,3D3,4D2,5D3. The fourth-order valence-corrected chi connectivity index (χ4v) is 2.29. The Morgan fingerprint density at radius 3 is 2.73 bits per heavy atom. The topological polar surface area (TPSA) is 0 Å². The molecule has 0 aliphatic heterocycles. The molecule has 0 saturated heterocycles. The molecule has 0 heteroatoms. The lowest BCUT2D eigenvalue weighted by molar-refractivity contribution is 0.170. The second-order valence-electron chi connectivity index (χ2n) is 4.56. The monoisotopic (exact) mass is 214 g/mol. The molecule has 0 radical (unpaired) electrons. The molecule has 0 spiro atoms. The fourth-order valence-electron chi connectivity index (χ4n) is 2.29. The highest BCUT2D eigenvalue weighted by atomic mass is 14.4. The maximum atomic E-state index is 7.69. The van der Waals surface area contributed by atoms with Crippen LogP contribution in [0.1, 0.15) is 53.6 Å². The highest BCUT2D eigenvalue weighted by Gasteiger charge is 2.38. The van der Waals surface area contributed by atoms with Crippen molar-refractivity contribution < 1.29 is 13.7 Å². The maximum Gasteiger partial charge on any atom is 0.0537 e. The van der Waals surface area contributed by atoms with Gasteiger partial charge in [0.1, 0.15) is 0 Å². The van der Waals surface area contributed by atoms with Gasteiger partial charge in [0.05, 0.1) is 5.48 Å². The van der Waals surface area contributed by atoms with Gasteiger partial charge in [0.25, 0.3) is 0 Å². The first-order valence-electron chi connectivity index (χ1n) is 10.1. The Morgan fingerprint density at radius 2 is 2.20 bits per heavy atom. The van der Waals surface area contributed by atoms with Crippen molar-refractivity contribution in [3.05, 3.63) is 36.9 Å². The van der Waals surface area contributed by atoms with Gasteiger partial charge in [-0.25, -0.2) is 0 Å². The van der Waals surface area contributed by atoms with Gasteiger partial charge in [0, 0.05) is 8.22 Å². The zero-order valence-corrected chi connectivity index (χ0v) is 9.06. The molecule has 15 heavy (non-hydrogen) atoms. The second-order valence-corrected chi connectivity index (χ2v) is 4.56. The molecule has 1 aliphatic rings. The van der Waals surface area contributed by atoms with E-state index in [1.54, 1.807) is 13.0 Å². The minimum Gasteiger partial charge on any atom is -0.103 e. The van der Waals surface area contributed by atoms with Gasteiger partial charge < -0.3 is 0 Å². The average molecular weight is 214 g/mol. The van der Waals surface area contributed by atoms with E-state index in [1.807, 2.05) is 0 Å². The van der Waals surface area contributed by atoms with Crippen molar-refractivity contribution in [3.8, 4) is 0 Å². The van der Waals surface area contributed by atoms with Crippen molar-refractivity contribution in [2.45, 2.75) is 39.9 Å². The predicted molar refractivity (Wildman–Crippen MR) is 68.8 cm³/mol. The first-order chi connectivity index (χ1) is 11.1. The molecule has 84 valence electrons. The largest absolute Gasteiger partial charge is 0.103 e. The van der Waals surface area contributed by atoms with Crippen LogP contribution in [0, 0.1) is 17.3 Å². The Bertz CT molecular complexity index is 572. The third kappa shape index (κ3) is 2.42. The minimum atomic E-state index is -2.65. The van der Waals surface area contributed by atoms with Gasteiger partial charge in [0.2, 0.25) is 0 Å². The lowest BCUT2D eigenvalue weighted by Crippen LogP contribution is -2.33. The highest BCUT2D eigenvalue weighted by molar-refractivity contribution is 5.15. The maximum absolute atomic E-state index is 7.69. The summed E-state index contributed by atoms with van der Waals surface area (Å²) in [6, 6.07) is 0. The SMILES string of the molecule is [2H]C([2H])=C([C@@H]1CC[C@@](C)(C=C)[C@H](C(=C([2H])[2H])C([2H])([2H])[2H])C1)C([2H])([2H])[2H]. The van der Waals surface area contributed by atoms with Crippen LogP contribution in [0.15, 0.2) is 36.9 Å². The van der Waals surface area contributed by atoms with E-state index < -0.39 is 44.0 Å². The van der Waals surface area contributed by atoms with E-state index >= 15 is 0 Å². The second kappa shape index (κ2) is 4.38. The Hall–Kier alpha value is -0.780. The minimum absolute atomic E-state index is 0.0620. The molecule has 0 bridgehead atoms. The summed E-state index contributed by atoms with van der Waals surface area (Å²) in [5.74, 6) is -1.43. The molecule has 0 aromatic rings. The quantitative estimate of drug-likeness (QED) is 0.595. The van der Waals surface area contributed by atoms with Crippen LogP contribution in [-0.4, -0.2) is 0 Å². The summed E-state index contributed by atoms with van der Waals surface area (Å²) >= 11 is 0. The van der Waals surface area contributed by atoms with E-state index in [4.69, 9.17) is 13.7 Å². The van der Waals surface area contributed by atoms with Crippen LogP contribution >= 0.6 is 0 Å². The third-order valence-electron chi connectivity index (χ3n) is 3.57. The first kappa shape index (κ1) is 4.24.